The maximum atomic E-state index is 3.50. The minimum absolute atomic E-state index is 0.866. The van der Waals surface area contributed by atoms with Gasteiger partial charge in [0.15, 0.2) is 0 Å². The van der Waals surface area contributed by atoms with Crippen molar-refractivity contribution >= 4 is 0 Å². The molecule has 3 atom stereocenters. The molecule has 25 heavy (non-hydrogen) atoms. The molecule has 4 heteroatoms. The van der Waals surface area contributed by atoms with Crippen LogP contribution in [0.15, 0.2) is 48.6 Å². The quantitative estimate of drug-likeness (QED) is 0.369. The molecule has 3 unspecified atom stereocenters. The van der Waals surface area contributed by atoms with Gasteiger partial charge in [0.1, 0.15) is 0 Å². The van der Waals surface area contributed by atoms with Gasteiger partial charge in [-0.1, -0.05) is 24.3 Å². The molecule has 0 saturated heterocycles. The van der Waals surface area contributed by atoms with Crippen LogP contribution in [0, 0.1) is 11.8 Å². The fourth-order valence-corrected chi connectivity index (χ4v) is 3.00. The summed E-state index contributed by atoms with van der Waals surface area (Å²) in [5.41, 5.74) is 0. The second-order valence-electron chi connectivity index (χ2n) is 5.59. The summed E-state index contributed by atoms with van der Waals surface area (Å²) >= 11 is 2.37. The first-order valence-electron chi connectivity index (χ1n) is 8.78. The summed E-state index contributed by atoms with van der Waals surface area (Å²) in [6.45, 7) is 4.00. The van der Waals surface area contributed by atoms with E-state index < -0.39 is 0 Å². The van der Waals surface area contributed by atoms with Crippen molar-refractivity contribution < 1.29 is 20.4 Å². The summed E-state index contributed by atoms with van der Waals surface area (Å²) in [6, 6.07) is 0. The van der Waals surface area contributed by atoms with Crippen LogP contribution >= 0.6 is 0 Å². The average molecular weight is 381 g/mol. The van der Waals surface area contributed by atoms with E-state index in [0.717, 1.165) is 16.1 Å². The third-order valence-corrected chi connectivity index (χ3v) is 4.12. The Kier molecular flexibility index (Phi) is 30.2. The third kappa shape index (κ3) is 21.5. The van der Waals surface area contributed by atoms with Crippen molar-refractivity contribution in [2.75, 3.05) is 42.3 Å². The SMILES string of the molecule is CC=CC=CC.C[N-]C.C[N-]C.C[N-]C.[Ti+3][CH]1CCC2C=CC=CC12. The van der Waals surface area contributed by atoms with Gasteiger partial charge in [-0.25, -0.2) is 0 Å². The fourth-order valence-electron chi connectivity index (χ4n) is 2.18. The van der Waals surface area contributed by atoms with Crippen molar-refractivity contribution in [2.24, 2.45) is 11.8 Å². The number of hydrogen-bond donors (Lipinski definition) is 0. The van der Waals surface area contributed by atoms with E-state index in [-0.39, 0.29) is 0 Å². The van der Waals surface area contributed by atoms with Gasteiger partial charge in [-0.3, -0.25) is 0 Å². The Morgan fingerprint density at radius 3 is 1.52 bits per heavy atom. The summed E-state index contributed by atoms with van der Waals surface area (Å²) in [7, 11) is 10.5. The molecule has 0 aromatic heterocycles. The van der Waals surface area contributed by atoms with E-state index in [0.29, 0.717) is 0 Å². The van der Waals surface area contributed by atoms with Gasteiger partial charge in [0.25, 0.3) is 0 Å². The molecule has 0 aromatic carbocycles. The van der Waals surface area contributed by atoms with Gasteiger partial charge in [-0.2, -0.15) is 42.3 Å². The van der Waals surface area contributed by atoms with E-state index in [4.69, 9.17) is 0 Å². The average Bonchev–Trinajstić information content (AvgIpc) is 2.97. The summed E-state index contributed by atoms with van der Waals surface area (Å²) < 4.78 is 0.922. The van der Waals surface area contributed by atoms with Gasteiger partial charge in [0, 0.05) is 0 Å². The van der Waals surface area contributed by atoms with Crippen LogP contribution in [0.4, 0.5) is 0 Å². The summed E-state index contributed by atoms with van der Waals surface area (Å²) in [5.74, 6) is 1.74. The first-order chi connectivity index (χ1) is 12.0. The van der Waals surface area contributed by atoms with Crippen LogP contribution in [-0.4, -0.2) is 42.3 Å². The molecule has 1 fully saturated rings. The molecule has 0 aliphatic heterocycles. The number of nitrogens with zero attached hydrogens (tertiary/aromatic N) is 3. The Morgan fingerprint density at radius 2 is 1.16 bits per heavy atom. The Hall–Kier alpha value is -0.446. The second-order valence-corrected chi connectivity index (χ2v) is 6.75. The molecule has 2 rings (SSSR count). The molecule has 0 aromatic rings. The molecule has 0 N–H and O–H groups in total. The van der Waals surface area contributed by atoms with Crippen LogP contribution in [0.5, 0.6) is 0 Å². The van der Waals surface area contributed by atoms with Crippen LogP contribution in [0.25, 0.3) is 16.0 Å². The molecule has 0 amide bonds. The number of hydrogen-bond acceptors (Lipinski definition) is 0. The van der Waals surface area contributed by atoms with Crippen molar-refractivity contribution in [2.45, 2.75) is 30.9 Å². The Balaban J connectivity index is -0.000000279. The van der Waals surface area contributed by atoms with Crippen molar-refractivity contribution in [3.05, 3.63) is 64.6 Å². The first kappa shape index (κ1) is 29.3. The van der Waals surface area contributed by atoms with Crippen molar-refractivity contribution in [1.82, 2.24) is 0 Å². The van der Waals surface area contributed by atoms with E-state index in [9.17, 15) is 0 Å². The van der Waals surface area contributed by atoms with E-state index in [2.05, 4.69) is 60.7 Å². The topological polar surface area (TPSA) is 42.3 Å². The number of rotatable bonds is 1. The van der Waals surface area contributed by atoms with Crippen molar-refractivity contribution in [3.8, 4) is 0 Å². The Bertz CT molecular complexity index is 334. The number of allylic oxidation sites excluding steroid dienone is 8. The molecule has 3 nitrogen and oxygen atoms in total. The zero-order valence-corrected chi connectivity index (χ0v) is 19.2. The normalized spacial score (nSPS) is 22.6. The monoisotopic (exact) mass is 381 g/mol. The third-order valence-electron chi connectivity index (χ3n) is 3.07. The zero-order chi connectivity index (χ0) is 19.9. The molecule has 1 saturated carbocycles. The second kappa shape index (κ2) is 25.8. The predicted octanol–water partition coefficient (Wildman–Crippen LogP) is 6.47. The van der Waals surface area contributed by atoms with Gasteiger partial charge in [0.2, 0.25) is 0 Å². The van der Waals surface area contributed by atoms with Crippen LogP contribution < -0.4 is 0 Å². The molecule has 0 heterocycles. The van der Waals surface area contributed by atoms with Gasteiger partial charge >= 0.3 is 73.6 Å². The van der Waals surface area contributed by atoms with Gasteiger partial charge in [-0.05, 0) is 13.8 Å². The molecule has 0 spiro atoms. The predicted molar refractivity (Wildman–Crippen MR) is 113 cm³/mol. The fraction of sp³-hybridized carbons (Fsp3) is 0.619. The van der Waals surface area contributed by atoms with Gasteiger partial charge in [0.05, 0.1) is 0 Å². The minimum atomic E-state index is 0.866. The number of fused-ring (bicyclic) bond motifs is 1. The summed E-state index contributed by atoms with van der Waals surface area (Å²) in [5, 5.41) is 10.5. The van der Waals surface area contributed by atoms with E-state index in [1.54, 1.807) is 42.3 Å². The summed E-state index contributed by atoms with van der Waals surface area (Å²) in [6.07, 6.45) is 20.0. The maximum absolute atomic E-state index is 3.50. The van der Waals surface area contributed by atoms with E-state index in [1.165, 1.54) is 12.8 Å². The standard InChI is InChI=1S/C9H11.C6H10.3C2H6N.Ti/c1-2-5-9-7-3-6-8(9)4-1;1-3-5-6-4-2;3*1-3-2;/h1-2,4-6,8-9H,3,7H2;3-6H,1-2H3;3*1-2H3;/q;;3*-1;+3. The first-order valence-corrected chi connectivity index (χ1v) is 9.68. The summed E-state index contributed by atoms with van der Waals surface area (Å²) in [4.78, 5) is 0. The Morgan fingerprint density at radius 1 is 0.760 bits per heavy atom. The molecule has 0 bridgehead atoms. The van der Waals surface area contributed by atoms with Gasteiger partial charge < -0.3 is 16.0 Å². The van der Waals surface area contributed by atoms with E-state index in [1.807, 2.05) is 38.2 Å². The van der Waals surface area contributed by atoms with Crippen molar-refractivity contribution in [3.63, 3.8) is 0 Å². The molecule has 2 aliphatic rings. The van der Waals surface area contributed by atoms with Crippen molar-refractivity contribution in [1.29, 1.82) is 0 Å². The van der Waals surface area contributed by atoms with Crippen LogP contribution in [0.1, 0.15) is 26.7 Å². The zero-order valence-electron chi connectivity index (χ0n) is 17.6. The van der Waals surface area contributed by atoms with Crippen LogP contribution in [0.2, 0.25) is 4.22 Å². The van der Waals surface area contributed by atoms with Crippen LogP contribution in [0.3, 0.4) is 0 Å². The van der Waals surface area contributed by atoms with Crippen LogP contribution in [-0.2, 0) is 20.4 Å². The molecular formula is C21H39N3Ti. The molecule has 142 valence electrons. The van der Waals surface area contributed by atoms with E-state index >= 15 is 0 Å². The molecule has 2 aliphatic carbocycles. The molecular weight excluding hydrogens is 342 g/mol. The Labute approximate surface area is 169 Å². The molecule has 0 radical (unpaired) electrons. The van der Waals surface area contributed by atoms with Gasteiger partial charge in [-0.15, -0.1) is 0 Å².